The maximum absolute atomic E-state index is 13.8. The minimum Gasteiger partial charge on any atom is -0.451 e. The van der Waals surface area contributed by atoms with Gasteiger partial charge in [0.15, 0.2) is 5.76 Å². The van der Waals surface area contributed by atoms with E-state index in [4.69, 9.17) is 4.42 Å². The highest BCUT2D eigenvalue weighted by Gasteiger charge is 2.35. The lowest BCUT2D eigenvalue weighted by atomic mass is 9.84. The van der Waals surface area contributed by atoms with Gasteiger partial charge in [-0.05, 0) is 56.1 Å². The number of halogens is 2. The van der Waals surface area contributed by atoms with Crippen LogP contribution in [0.5, 0.6) is 0 Å². The Hall–Kier alpha value is -2.21. The first kappa shape index (κ1) is 15.3. The molecule has 1 amide bonds. The largest absolute Gasteiger partial charge is 0.451 e. The van der Waals surface area contributed by atoms with Crippen molar-refractivity contribution in [3.8, 4) is 11.3 Å². The molecule has 5 rings (SSSR count). The van der Waals surface area contributed by atoms with Gasteiger partial charge in [-0.15, -0.1) is 0 Å². The number of fused-ring (bicyclic) bond motifs is 3. The maximum Gasteiger partial charge on any atom is 0.287 e. The number of amides is 1. The van der Waals surface area contributed by atoms with Gasteiger partial charge < -0.3 is 14.6 Å². The second-order valence-corrected chi connectivity index (χ2v) is 6.51. The van der Waals surface area contributed by atoms with Crippen molar-refractivity contribution in [3.05, 3.63) is 47.7 Å². The van der Waals surface area contributed by atoms with Gasteiger partial charge in [-0.1, -0.05) is 0 Å². The summed E-state index contributed by atoms with van der Waals surface area (Å²) in [6.45, 7) is 3.08. The van der Waals surface area contributed by atoms with Crippen molar-refractivity contribution < 1.29 is 18.0 Å². The number of carbonyl (C=O) groups excluding carboxylic acids is 1. The van der Waals surface area contributed by atoms with Crippen LogP contribution in [0.2, 0.25) is 0 Å². The van der Waals surface area contributed by atoms with Crippen molar-refractivity contribution in [2.45, 2.75) is 18.9 Å². The van der Waals surface area contributed by atoms with E-state index in [0.29, 0.717) is 5.92 Å². The van der Waals surface area contributed by atoms with Gasteiger partial charge in [-0.25, -0.2) is 8.78 Å². The van der Waals surface area contributed by atoms with Gasteiger partial charge in [0.25, 0.3) is 5.91 Å². The van der Waals surface area contributed by atoms with Crippen LogP contribution in [0, 0.1) is 17.6 Å². The van der Waals surface area contributed by atoms with E-state index in [1.807, 2.05) is 0 Å². The molecule has 1 aromatic heterocycles. The Kier molecular flexibility index (Phi) is 3.84. The number of rotatable bonds is 3. The fourth-order valence-corrected chi connectivity index (χ4v) is 3.66. The minimum absolute atomic E-state index is 0.135. The summed E-state index contributed by atoms with van der Waals surface area (Å²) in [6, 6.07) is 6.45. The number of benzene rings is 1. The molecule has 1 unspecified atom stereocenters. The van der Waals surface area contributed by atoms with Crippen LogP contribution in [0.1, 0.15) is 23.4 Å². The van der Waals surface area contributed by atoms with Crippen LogP contribution in [0.3, 0.4) is 0 Å². The Balaban J connectivity index is 1.49. The summed E-state index contributed by atoms with van der Waals surface area (Å²) in [5.41, 5.74) is 0.137. The van der Waals surface area contributed by atoms with E-state index in [1.165, 1.54) is 18.2 Å². The fraction of sp³-hybridized carbons (Fsp3) is 0.389. The van der Waals surface area contributed by atoms with Crippen LogP contribution in [-0.2, 0) is 0 Å². The van der Waals surface area contributed by atoms with Gasteiger partial charge >= 0.3 is 0 Å². The van der Waals surface area contributed by atoms with Crippen LogP contribution in [0.4, 0.5) is 8.78 Å². The predicted octanol–water partition coefficient (Wildman–Crippen LogP) is 3.05. The summed E-state index contributed by atoms with van der Waals surface area (Å²) in [5, 5.41) is 3.03. The van der Waals surface area contributed by atoms with Crippen molar-refractivity contribution in [2.24, 2.45) is 5.92 Å². The Labute approximate surface area is 138 Å². The maximum atomic E-state index is 13.8. The third-order valence-corrected chi connectivity index (χ3v) is 5.00. The molecule has 6 heteroatoms. The van der Waals surface area contributed by atoms with Gasteiger partial charge in [0, 0.05) is 18.7 Å². The molecular weight excluding hydrogens is 314 g/mol. The number of piperidine rings is 3. The van der Waals surface area contributed by atoms with Crippen molar-refractivity contribution >= 4 is 5.91 Å². The molecule has 24 heavy (non-hydrogen) atoms. The molecule has 3 fully saturated rings. The molecule has 3 aliphatic heterocycles. The molecule has 4 nitrogen and oxygen atoms in total. The van der Waals surface area contributed by atoms with E-state index in [9.17, 15) is 13.6 Å². The van der Waals surface area contributed by atoms with Crippen LogP contribution in [0.15, 0.2) is 34.7 Å². The van der Waals surface area contributed by atoms with Gasteiger partial charge in [0.05, 0.1) is 5.56 Å². The lowest BCUT2D eigenvalue weighted by Crippen LogP contribution is -2.57. The molecule has 2 aromatic rings. The number of furan rings is 1. The molecule has 3 saturated heterocycles. The number of hydrogen-bond acceptors (Lipinski definition) is 3. The summed E-state index contributed by atoms with van der Waals surface area (Å²) in [7, 11) is 0. The van der Waals surface area contributed by atoms with Crippen LogP contribution >= 0.6 is 0 Å². The zero-order valence-corrected chi connectivity index (χ0v) is 13.1. The first-order valence-electron chi connectivity index (χ1n) is 8.18. The van der Waals surface area contributed by atoms with Crippen LogP contribution in [0.25, 0.3) is 11.3 Å². The molecule has 126 valence electrons. The summed E-state index contributed by atoms with van der Waals surface area (Å²) in [5.74, 6) is -0.779. The van der Waals surface area contributed by atoms with Crippen molar-refractivity contribution in [1.82, 2.24) is 10.2 Å². The average molecular weight is 332 g/mol. The van der Waals surface area contributed by atoms with E-state index in [-0.39, 0.29) is 29.0 Å². The van der Waals surface area contributed by atoms with Gasteiger partial charge in [-0.3, -0.25) is 4.79 Å². The molecule has 0 saturated carbocycles. The van der Waals surface area contributed by atoms with E-state index in [1.54, 1.807) is 0 Å². The molecule has 1 N–H and O–H groups in total. The Morgan fingerprint density at radius 1 is 1.17 bits per heavy atom. The van der Waals surface area contributed by atoms with E-state index in [0.717, 1.165) is 44.6 Å². The minimum atomic E-state index is -0.714. The van der Waals surface area contributed by atoms with Crippen molar-refractivity contribution in [1.29, 1.82) is 0 Å². The molecule has 0 aliphatic carbocycles. The first-order valence-corrected chi connectivity index (χ1v) is 8.18. The van der Waals surface area contributed by atoms with E-state index < -0.39 is 11.6 Å². The Morgan fingerprint density at radius 3 is 2.62 bits per heavy atom. The number of carbonyl (C=O) groups is 1. The second-order valence-electron chi connectivity index (χ2n) is 6.51. The zero-order valence-electron chi connectivity index (χ0n) is 13.1. The first-order chi connectivity index (χ1) is 11.6. The molecule has 2 bridgehead atoms. The van der Waals surface area contributed by atoms with E-state index >= 15 is 0 Å². The van der Waals surface area contributed by atoms with Crippen molar-refractivity contribution in [2.75, 3.05) is 19.6 Å². The molecule has 0 radical (unpaired) electrons. The predicted molar refractivity (Wildman–Crippen MR) is 84.5 cm³/mol. The standard InChI is InChI=1S/C18H18F2N2O2/c19-12-1-2-13(14(20)9-12)16-3-4-17(24-16)18(23)21-15-10-22-7-5-11(15)6-8-22/h1-4,9,11,15H,5-8,10H2,(H,21,23). The average Bonchev–Trinajstić information content (AvgIpc) is 3.06. The lowest BCUT2D eigenvalue weighted by molar-refractivity contribution is 0.0606. The monoisotopic (exact) mass is 332 g/mol. The number of nitrogens with zero attached hydrogens (tertiary/aromatic N) is 1. The van der Waals surface area contributed by atoms with Crippen LogP contribution < -0.4 is 5.32 Å². The normalized spacial score (nSPS) is 25.7. The topological polar surface area (TPSA) is 45.5 Å². The Bertz CT molecular complexity index is 766. The quantitative estimate of drug-likeness (QED) is 0.940. The SMILES string of the molecule is O=C(NC1CN2CCC1CC2)c1ccc(-c2ccc(F)cc2F)o1. The highest BCUT2D eigenvalue weighted by molar-refractivity contribution is 5.92. The number of hydrogen-bond donors (Lipinski definition) is 1. The fourth-order valence-electron chi connectivity index (χ4n) is 3.66. The lowest BCUT2D eigenvalue weighted by Gasteiger charge is -2.44. The van der Waals surface area contributed by atoms with Gasteiger partial charge in [0.2, 0.25) is 0 Å². The molecule has 4 heterocycles. The zero-order chi connectivity index (χ0) is 16.7. The van der Waals surface area contributed by atoms with Gasteiger partial charge in [0.1, 0.15) is 17.4 Å². The highest BCUT2D eigenvalue weighted by Crippen LogP contribution is 2.29. The summed E-state index contributed by atoms with van der Waals surface area (Å²) >= 11 is 0. The molecular formula is C18H18F2N2O2. The summed E-state index contributed by atoms with van der Waals surface area (Å²) in [6.07, 6.45) is 2.21. The molecule has 1 atom stereocenters. The van der Waals surface area contributed by atoms with Crippen LogP contribution in [-0.4, -0.2) is 36.5 Å². The second kappa shape index (κ2) is 6.02. The summed E-state index contributed by atoms with van der Waals surface area (Å²) < 4.78 is 32.3. The van der Waals surface area contributed by atoms with Crippen molar-refractivity contribution in [3.63, 3.8) is 0 Å². The molecule has 0 spiro atoms. The highest BCUT2D eigenvalue weighted by atomic mass is 19.1. The number of nitrogens with one attached hydrogen (secondary N) is 1. The van der Waals surface area contributed by atoms with E-state index in [2.05, 4.69) is 10.2 Å². The summed E-state index contributed by atoms with van der Waals surface area (Å²) in [4.78, 5) is 14.7. The molecule has 3 aliphatic rings. The Morgan fingerprint density at radius 2 is 1.96 bits per heavy atom. The van der Waals surface area contributed by atoms with Gasteiger partial charge in [-0.2, -0.15) is 0 Å². The third kappa shape index (κ3) is 2.82. The smallest absolute Gasteiger partial charge is 0.287 e. The third-order valence-electron chi connectivity index (χ3n) is 5.00. The molecule has 1 aromatic carbocycles.